The van der Waals surface area contributed by atoms with E-state index in [1.807, 2.05) is 24.3 Å². The molecule has 0 aliphatic carbocycles. The molecule has 0 atom stereocenters. The zero-order valence-corrected chi connectivity index (χ0v) is 16.0. The Bertz CT molecular complexity index is 833. The van der Waals surface area contributed by atoms with E-state index in [-0.39, 0.29) is 14.5 Å². The fourth-order valence-electron chi connectivity index (χ4n) is 2.02. The number of halogens is 1. The van der Waals surface area contributed by atoms with Crippen LogP contribution in [0.15, 0.2) is 62.8 Å². The van der Waals surface area contributed by atoms with Gasteiger partial charge in [-0.2, -0.15) is 0 Å². The Morgan fingerprint density at radius 2 is 1.91 bits per heavy atom. The second kappa shape index (κ2) is 7.49. The minimum atomic E-state index is -0.892. The van der Waals surface area contributed by atoms with E-state index in [0.717, 1.165) is 25.2 Å². The van der Waals surface area contributed by atoms with Gasteiger partial charge >= 0.3 is 153 Å². The predicted molar refractivity (Wildman–Crippen MR) is 97.3 cm³/mol. The van der Waals surface area contributed by atoms with Crippen molar-refractivity contribution in [1.82, 2.24) is 4.98 Å². The molecule has 0 radical (unpaired) electrons. The molecule has 0 aliphatic rings. The number of aromatic nitrogens is 1. The number of benzene rings is 2. The SMILES string of the molecule is O=C(O)c1ccccc1SCc1c[se]c(-c2ccc(Br)cc2)n1. The van der Waals surface area contributed by atoms with Crippen LogP contribution in [0.2, 0.25) is 0 Å². The van der Waals surface area contributed by atoms with E-state index in [1.54, 1.807) is 12.1 Å². The maximum absolute atomic E-state index is 11.2. The van der Waals surface area contributed by atoms with Gasteiger partial charge in [0.2, 0.25) is 0 Å². The van der Waals surface area contributed by atoms with Crippen LogP contribution < -0.4 is 0 Å². The molecular formula is C17H12BrNO2SSe. The minimum absolute atomic E-state index is 0.232. The van der Waals surface area contributed by atoms with E-state index in [1.165, 1.54) is 11.8 Å². The van der Waals surface area contributed by atoms with Crippen molar-refractivity contribution in [3.05, 3.63) is 69.2 Å². The van der Waals surface area contributed by atoms with Gasteiger partial charge in [-0.25, -0.2) is 0 Å². The molecule has 1 heterocycles. The van der Waals surface area contributed by atoms with Crippen LogP contribution in [0, 0.1) is 0 Å². The van der Waals surface area contributed by atoms with Crippen molar-refractivity contribution in [2.45, 2.75) is 10.6 Å². The van der Waals surface area contributed by atoms with Crippen LogP contribution in [0.1, 0.15) is 16.1 Å². The van der Waals surface area contributed by atoms with Crippen molar-refractivity contribution in [2.24, 2.45) is 0 Å². The van der Waals surface area contributed by atoms with E-state index in [0.29, 0.717) is 11.3 Å². The number of carboxylic acid groups (broad SMARTS) is 1. The molecule has 23 heavy (non-hydrogen) atoms. The number of hydrogen-bond donors (Lipinski definition) is 1. The summed E-state index contributed by atoms with van der Waals surface area (Å²) in [6.45, 7) is 0. The summed E-state index contributed by atoms with van der Waals surface area (Å²) >= 11 is 5.19. The van der Waals surface area contributed by atoms with Gasteiger partial charge in [0.25, 0.3) is 0 Å². The fraction of sp³-hybridized carbons (Fsp3) is 0.0588. The van der Waals surface area contributed by atoms with Crippen molar-refractivity contribution in [3.63, 3.8) is 0 Å². The van der Waals surface area contributed by atoms with Gasteiger partial charge in [0.1, 0.15) is 0 Å². The van der Waals surface area contributed by atoms with Gasteiger partial charge in [-0.1, -0.05) is 0 Å². The normalized spacial score (nSPS) is 10.7. The van der Waals surface area contributed by atoms with Gasteiger partial charge in [0.15, 0.2) is 0 Å². The molecule has 3 aromatic rings. The molecule has 0 bridgehead atoms. The van der Waals surface area contributed by atoms with Crippen molar-refractivity contribution < 1.29 is 9.90 Å². The third kappa shape index (κ3) is 4.15. The van der Waals surface area contributed by atoms with E-state index in [2.05, 4.69) is 33.0 Å². The molecule has 0 unspecified atom stereocenters. The van der Waals surface area contributed by atoms with Crippen molar-refractivity contribution in [1.29, 1.82) is 0 Å². The van der Waals surface area contributed by atoms with Crippen LogP contribution in [0.5, 0.6) is 0 Å². The summed E-state index contributed by atoms with van der Waals surface area (Å²) in [5.74, 6) is -0.205. The molecule has 0 amide bonds. The zero-order valence-electron chi connectivity index (χ0n) is 11.9. The third-order valence-electron chi connectivity index (χ3n) is 3.14. The summed E-state index contributed by atoms with van der Waals surface area (Å²) in [5.41, 5.74) is 2.52. The Hall–Kier alpha value is -1.33. The standard InChI is InChI=1S/C17H12BrNO2SSe/c18-12-7-5-11(6-8-12)16-19-13(10-23-16)9-22-15-4-2-1-3-14(15)17(20)21/h1-8,10H,9H2,(H,20,21). The zero-order chi connectivity index (χ0) is 16.2. The average molecular weight is 453 g/mol. The number of hydrogen-bond acceptors (Lipinski definition) is 3. The van der Waals surface area contributed by atoms with Crippen LogP contribution in [-0.4, -0.2) is 30.6 Å². The fourth-order valence-corrected chi connectivity index (χ4v) is 5.19. The van der Waals surface area contributed by atoms with Gasteiger partial charge in [0.05, 0.1) is 0 Å². The molecule has 6 heteroatoms. The summed E-state index contributed by atoms with van der Waals surface area (Å²) in [6, 6.07) is 15.2. The summed E-state index contributed by atoms with van der Waals surface area (Å²) in [7, 11) is 0. The van der Waals surface area contributed by atoms with Crippen molar-refractivity contribution in [3.8, 4) is 10.1 Å². The molecule has 0 saturated carbocycles. The van der Waals surface area contributed by atoms with E-state index in [9.17, 15) is 9.90 Å². The van der Waals surface area contributed by atoms with E-state index in [4.69, 9.17) is 4.98 Å². The molecule has 0 spiro atoms. The number of aromatic carboxylic acids is 1. The number of thioether (sulfide) groups is 1. The first-order valence-electron chi connectivity index (χ1n) is 6.79. The summed E-state index contributed by atoms with van der Waals surface area (Å²) in [6.07, 6.45) is 0. The quantitative estimate of drug-likeness (QED) is 0.455. The molecule has 116 valence electrons. The van der Waals surface area contributed by atoms with Crippen LogP contribution in [0.25, 0.3) is 10.1 Å². The van der Waals surface area contributed by atoms with Gasteiger partial charge in [-0.3, -0.25) is 0 Å². The molecule has 2 aromatic carbocycles. The van der Waals surface area contributed by atoms with Crippen LogP contribution in [0.3, 0.4) is 0 Å². The first kappa shape index (κ1) is 16.5. The van der Waals surface area contributed by atoms with Crippen LogP contribution in [-0.2, 0) is 5.75 Å². The van der Waals surface area contributed by atoms with E-state index < -0.39 is 5.97 Å². The summed E-state index contributed by atoms with van der Waals surface area (Å²) in [5, 5.41) is 9.21. The number of rotatable bonds is 5. The summed E-state index contributed by atoms with van der Waals surface area (Å²) in [4.78, 5) is 18.9. The molecule has 1 N–H and O–H groups in total. The molecule has 0 saturated heterocycles. The predicted octanol–water partition coefficient (Wildman–Crippen LogP) is 4.56. The number of nitrogens with zero attached hydrogens (tertiary/aromatic N) is 1. The number of carboxylic acids is 1. The molecule has 1 aromatic heterocycles. The summed E-state index contributed by atoms with van der Waals surface area (Å²) < 4.78 is 2.17. The van der Waals surface area contributed by atoms with Gasteiger partial charge in [0, 0.05) is 0 Å². The first-order valence-corrected chi connectivity index (χ1v) is 10.4. The number of carbonyl (C=O) groups is 1. The van der Waals surface area contributed by atoms with Crippen LogP contribution >= 0.6 is 27.7 Å². The topological polar surface area (TPSA) is 50.2 Å². The van der Waals surface area contributed by atoms with Gasteiger partial charge in [-0.05, 0) is 0 Å². The molecule has 0 fully saturated rings. The second-order valence-electron chi connectivity index (χ2n) is 4.74. The second-order valence-corrected chi connectivity index (χ2v) is 8.47. The Labute approximate surface area is 152 Å². The molecule has 0 aliphatic heterocycles. The Morgan fingerprint density at radius 1 is 1.17 bits per heavy atom. The van der Waals surface area contributed by atoms with Gasteiger partial charge < -0.3 is 0 Å². The Morgan fingerprint density at radius 3 is 2.65 bits per heavy atom. The van der Waals surface area contributed by atoms with Crippen LogP contribution in [0.4, 0.5) is 0 Å². The van der Waals surface area contributed by atoms with Gasteiger partial charge in [-0.15, -0.1) is 0 Å². The Kier molecular flexibility index (Phi) is 5.38. The van der Waals surface area contributed by atoms with Crippen molar-refractivity contribution in [2.75, 3.05) is 0 Å². The first-order chi connectivity index (χ1) is 11.1. The van der Waals surface area contributed by atoms with E-state index >= 15 is 0 Å². The Balaban J connectivity index is 1.73. The molecule has 3 rings (SSSR count). The average Bonchev–Trinajstić information content (AvgIpc) is 3.03. The molecule has 3 nitrogen and oxygen atoms in total. The third-order valence-corrected chi connectivity index (χ3v) is 6.74. The van der Waals surface area contributed by atoms with Crippen molar-refractivity contribution >= 4 is 48.2 Å². The molecular weight excluding hydrogens is 441 g/mol. The monoisotopic (exact) mass is 453 g/mol. The maximum atomic E-state index is 11.2.